The molecule has 25 heavy (non-hydrogen) atoms. The number of carbonyl (C=O) groups excluding carboxylic acids is 1. The second kappa shape index (κ2) is 7.58. The first-order chi connectivity index (χ1) is 12.0. The molecule has 8 heteroatoms. The Kier molecular flexibility index (Phi) is 5.25. The van der Waals surface area contributed by atoms with Crippen molar-refractivity contribution in [3.63, 3.8) is 0 Å². The van der Waals surface area contributed by atoms with Gasteiger partial charge in [0.2, 0.25) is 0 Å². The highest BCUT2D eigenvalue weighted by Gasteiger charge is 2.22. The van der Waals surface area contributed by atoms with Gasteiger partial charge in [0.05, 0.1) is 0 Å². The SMILES string of the molecule is CC(C)CCn1nc2n(c1=O)CCC(NC(=O)c1cccnn1)CC2. The van der Waals surface area contributed by atoms with Gasteiger partial charge < -0.3 is 5.32 Å². The van der Waals surface area contributed by atoms with Crippen LogP contribution < -0.4 is 11.0 Å². The number of hydrogen-bond acceptors (Lipinski definition) is 5. The Balaban J connectivity index is 1.63. The van der Waals surface area contributed by atoms with Gasteiger partial charge in [0.1, 0.15) is 5.82 Å². The third-order valence-electron chi connectivity index (χ3n) is 4.48. The predicted molar refractivity (Wildman–Crippen MR) is 92.2 cm³/mol. The first kappa shape index (κ1) is 17.3. The van der Waals surface area contributed by atoms with Crippen LogP contribution in [0.1, 0.15) is 49.4 Å². The minimum Gasteiger partial charge on any atom is -0.348 e. The van der Waals surface area contributed by atoms with E-state index in [-0.39, 0.29) is 17.6 Å². The molecular weight excluding hydrogens is 320 g/mol. The molecule has 0 aliphatic carbocycles. The van der Waals surface area contributed by atoms with Crippen molar-refractivity contribution in [2.75, 3.05) is 0 Å². The molecule has 134 valence electrons. The molecule has 1 amide bonds. The van der Waals surface area contributed by atoms with E-state index in [0.29, 0.717) is 37.5 Å². The Bertz CT molecular complexity index is 780. The molecule has 1 aliphatic rings. The number of carbonyl (C=O) groups is 1. The van der Waals surface area contributed by atoms with Crippen LogP contribution in [0.4, 0.5) is 0 Å². The summed E-state index contributed by atoms with van der Waals surface area (Å²) in [5.74, 6) is 1.12. The van der Waals surface area contributed by atoms with Gasteiger partial charge in [-0.1, -0.05) is 13.8 Å². The van der Waals surface area contributed by atoms with Gasteiger partial charge in [0, 0.05) is 31.7 Å². The molecule has 1 aliphatic heterocycles. The van der Waals surface area contributed by atoms with Crippen LogP contribution in [0.25, 0.3) is 0 Å². The maximum atomic E-state index is 12.5. The van der Waals surface area contributed by atoms with Crippen LogP contribution >= 0.6 is 0 Å². The van der Waals surface area contributed by atoms with Gasteiger partial charge in [-0.15, -0.1) is 5.10 Å². The number of hydrogen-bond donors (Lipinski definition) is 1. The standard InChI is InChI=1S/C17H24N6O2/c1-12(2)7-11-23-17(25)22-10-8-13(5-6-15(22)21-23)19-16(24)14-4-3-9-18-20-14/h3-4,9,12-13H,5-8,10-11H2,1-2H3,(H,19,24). The fourth-order valence-electron chi connectivity index (χ4n) is 2.98. The van der Waals surface area contributed by atoms with Crippen LogP contribution in [-0.4, -0.2) is 36.5 Å². The molecule has 0 aromatic carbocycles. The first-order valence-electron chi connectivity index (χ1n) is 8.79. The number of nitrogens with zero attached hydrogens (tertiary/aromatic N) is 5. The second-order valence-electron chi connectivity index (χ2n) is 6.86. The Labute approximate surface area is 146 Å². The van der Waals surface area contributed by atoms with E-state index < -0.39 is 0 Å². The van der Waals surface area contributed by atoms with Gasteiger partial charge in [0.15, 0.2) is 5.69 Å². The zero-order valence-corrected chi connectivity index (χ0v) is 14.7. The van der Waals surface area contributed by atoms with E-state index in [1.54, 1.807) is 21.4 Å². The molecule has 0 spiro atoms. The predicted octanol–water partition coefficient (Wildman–Crippen LogP) is 1.02. The number of nitrogens with one attached hydrogen (secondary N) is 1. The second-order valence-corrected chi connectivity index (χ2v) is 6.86. The fraction of sp³-hybridized carbons (Fsp3) is 0.588. The van der Waals surface area contributed by atoms with Gasteiger partial charge in [-0.2, -0.15) is 10.2 Å². The first-order valence-corrected chi connectivity index (χ1v) is 8.79. The van der Waals surface area contributed by atoms with Gasteiger partial charge >= 0.3 is 5.69 Å². The Morgan fingerprint density at radius 2 is 2.24 bits per heavy atom. The van der Waals surface area contributed by atoms with Crippen molar-refractivity contribution in [3.05, 3.63) is 40.3 Å². The van der Waals surface area contributed by atoms with E-state index in [0.717, 1.165) is 18.7 Å². The highest BCUT2D eigenvalue weighted by Crippen LogP contribution is 2.13. The molecule has 1 unspecified atom stereocenters. The monoisotopic (exact) mass is 344 g/mol. The van der Waals surface area contributed by atoms with Crippen molar-refractivity contribution in [2.24, 2.45) is 5.92 Å². The van der Waals surface area contributed by atoms with Crippen molar-refractivity contribution in [1.82, 2.24) is 29.9 Å². The molecule has 2 aromatic heterocycles. The number of rotatable bonds is 5. The van der Waals surface area contributed by atoms with Crippen LogP contribution in [0.5, 0.6) is 0 Å². The highest BCUT2D eigenvalue weighted by molar-refractivity contribution is 5.92. The highest BCUT2D eigenvalue weighted by atomic mass is 16.2. The van der Waals surface area contributed by atoms with Crippen LogP contribution in [0.3, 0.4) is 0 Å². The summed E-state index contributed by atoms with van der Waals surface area (Å²) in [6, 6.07) is 3.32. The zero-order valence-electron chi connectivity index (χ0n) is 14.7. The summed E-state index contributed by atoms with van der Waals surface area (Å²) < 4.78 is 3.32. The summed E-state index contributed by atoms with van der Waals surface area (Å²) in [6.07, 6.45) is 4.61. The topological polar surface area (TPSA) is 94.7 Å². The number of aryl methyl sites for hydroxylation is 2. The molecule has 2 aromatic rings. The molecule has 0 radical (unpaired) electrons. The molecule has 0 bridgehead atoms. The lowest BCUT2D eigenvalue weighted by Crippen LogP contribution is -2.36. The van der Waals surface area contributed by atoms with E-state index >= 15 is 0 Å². The average molecular weight is 344 g/mol. The average Bonchev–Trinajstić information content (AvgIpc) is 2.77. The summed E-state index contributed by atoms with van der Waals surface area (Å²) in [5, 5.41) is 15.0. The maximum absolute atomic E-state index is 12.5. The lowest BCUT2D eigenvalue weighted by Gasteiger charge is -2.15. The summed E-state index contributed by atoms with van der Waals surface area (Å²) in [5.41, 5.74) is 0.261. The van der Waals surface area contributed by atoms with Gasteiger partial charge in [-0.3, -0.25) is 9.36 Å². The van der Waals surface area contributed by atoms with Crippen molar-refractivity contribution in [3.8, 4) is 0 Å². The molecule has 0 fully saturated rings. The largest absolute Gasteiger partial charge is 0.348 e. The van der Waals surface area contributed by atoms with Crippen LogP contribution in [0.2, 0.25) is 0 Å². The van der Waals surface area contributed by atoms with E-state index in [9.17, 15) is 9.59 Å². The summed E-state index contributed by atoms with van der Waals surface area (Å²) in [4.78, 5) is 24.7. The van der Waals surface area contributed by atoms with Gasteiger partial charge in [0.25, 0.3) is 5.91 Å². The van der Waals surface area contributed by atoms with E-state index in [1.165, 1.54) is 6.20 Å². The molecular formula is C17H24N6O2. The van der Waals surface area contributed by atoms with Crippen LogP contribution in [-0.2, 0) is 19.5 Å². The lowest BCUT2D eigenvalue weighted by molar-refractivity contribution is 0.0926. The van der Waals surface area contributed by atoms with Gasteiger partial charge in [-0.25, -0.2) is 9.48 Å². The van der Waals surface area contributed by atoms with E-state index in [1.807, 2.05) is 0 Å². The summed E-state index contributed by atoms with van der Waals surface area (Å²) in [6.45, 7) is 5.50. The van der Waals surface area contributed by atoms with Crippen LogP contribution in [0.15, 0.2) is 23.1 Å². The summed E-state index contributed by atoms with van der Waals surface area (Å²) in [7, 11) is 0. The molecule has 0 saturated heterocycles. The smallest absolute Gasteiger partial charge is 0.345 e. The van der Waals surface area contributed by atoms with Crippen LogP contribution in [0, 0.1) is 5.92 Å². The van der Waals surface area contributed by atoms with Crippen molar-refractivity contribution < 1.29 is 4.79 Å². The van der Waals surface area contributed by atoms with E-state index in [2.05, 4.69) is 34.5 Å². The number of aromatic nitrogens is 5. The zero-order chi connectivity index (χ0) is 17.8. The van der Waals surface area contributed by atoms with E-state index in [4.69, 9.17) is 0 Å². The maximum Gasteiger partial charge on any atom is 0.345 e. The minimum absolute atomic E-state index is 0.000259. The lowest BCUT2D eigenvalue weighted by atomic mass is 10.1. The third kappa shape index (κ3) is 4.12. The molecule has 3 rings (SSSR count). The Morgan fingerprint density at radius 3 is 2.96 bits per heavy atom. The molecule has 3 heterocycles. The fourth-order valence-corrected chi connectivity index (χ4v) is 2.98. The normalized spacial score (nSPS) is 17.2. The third-order valence-corrected chi connectivity index (χ3v) is 4.48. The van der Waals surface area contributed by atoms with Gasteiger partial charge in [-0.05, 0) is 37.3 Å². The quantitative estimate of drug-likeness (QED) is 0.874. The Hall–Kier alpha value is -2.51. The summed E-state index contributed by atoms with van der Waals surface area (Å²) >= 11 is 0. The Morgan fingerprint density at radius 1 is 1.40 bits per heavy atom. The van der Waals surface area contributed by atoms with Crippen molar-refractivity contribution in [2.45, 2.75) is 58.7 Å². The molecule has 8 nitrogen and oxygen atoms in total. The van der Waals surface area contributed by atoms with Crippen molar-refractivity contribution >= 4 is 5.91 Å². The molecule has 1 N–H and O–H groups in total. The molecule has 0 saturated carbocycles. The number of fused-ring (bicyclic) bond motifs is 1. The molecule has 1 atom stereocenters. The van der Waals surface area contributed by atoms with Crippen molar-refractivity contribution in [1.29, 1.82) is 0 Å². The minimum atomic E-state index is -0.230. The number of amides is 1.